The van der Waals surface area contributed by atoms with Gasteiger partial charge in [0.2, 0.25) is 0 Å². The van der Waals surface area contributed by atoms with Crippen LogP contribution in [0.25, 0.3) is 0 Å². The fraction of sp³-hybridized carbons (Fsp3) is 0.0769. The van der Waals surface area contributed by atoms with E-state index in [0.717, 1.165) is 4.47 Å². The monoisotopic (exact) mass is 306 g/mol. The second-order valence-corrected chi connectivity index (χ2v) is 4.45. The molecule has 0 saturated carbocycles. The number of carbonyl (C=O) groups excluding carboxylic acids is 1. The highest BCUT2D eigenvalue weighted by molar-refractivity contribution is 9.10. The van der Waals surface area contributed by atoms with Gasteiger partial charge in [0.25, 0.3) is 5.91 Å². The average molecular weight is 307 g/mol. The number of amides is 1. The molecule has 0 unspecified atom stereocenters. The molecular weight excluding hydrogens is 296 g/mol. The summed E-state index contributed by atoms with van der Waals surface area (Å²) in [5.74, 6) is 0.357. The molecule has 0 fully saturated rings. The Balaban J connectivity index is 2.09. The first kappa shape index (κ1) is 12.6. The molecule has 2 rings (SSSR count). The van der Waals surface area contributed by atoms with Crippen LogP contribution in [0.2, 0.25) is 0 Å². The lowest BCUT2D eigenvalue weighted by atomic mass is 10.2. The van der Waals surface area contributed by atoms with Crippen molar-refractivity contribution in [3.05, 3.63) is 58.5 Å². The molecule has 92 valence electrons. The van der Waals surface area contributed by atoms with Crippen LogP contribution in [0.5, 0.6) is 0 Å². The minimum Gasteiger partial charge on any atom is -0.463 e. The van der Waals surface area contributed by atoms with Crippen LogP contribution in [0, 0.1) is 0 Å². The van der Waals surface area contributed by atoms with Gasteiger partial charge in [0.05, 0.1) is 11.8 Å². The summed E-state index contributed by atoms with van der Waals surface area (Å²) in [5.41, 5.74) is 3.63. The lowest BCUT2D eigenvalue weighted by molar-refractivity contribution is 0.0954. The highest BCUT2D eigenvalue weighted by atomic mass is 79.9. The van der Waals surface area contributed by atoms with Gasteiger partial charge in [0, 0.05) is 4.47 Å². The summed E-state index contributed by atoms with van der Waals surface area (Å²) in [4.78, 5) is 11.9. The maximum absolute atomic E-state index is 11.9. The third kappa shape index (κ3) is 2.87. The molecule has 1 amide bonds. The van der Waals surface area contributed by atoms with Gasteiger partial charge in [0.1, 0.15) is 11.5 Å². The van der Waals surface area contributed by atoms with Gasteiger partial charge in [-0.25, -0.2) is 5.43 Å². The number of hydrogen-bond acceptors (Lipinski definition) is 3. The Bertz CT molecular complexity index is 576. The number of furan rings is 1. The van der Waals surface area contributed by atoms with E-state index in [1.54, 1.807) is 43.5 Å². The predicted molar refractivity (Wildman–Crippen MR) is 72.5 cm³/mol. The molecule has 0 atom stereocenters. The normalized spacial score (nSPS) is 11.3. The SMILES string of the molecule is CC(=NNC(=O)c1ccccc1Br)c1ccco1. The summed E-state index contributed by atoms with van der Waals surface area (Å²) >= 11 is 3.31. The van der Waals surface area contributed by atoms with E-state index in [9.17, 15) is 4.79 Å². The van der Waals surface area contributed by atoms with Crippen molar-refractivity contribution in [1.82, 2.24) is 5.43 Å². The van der Waals surface area contributed by atoms with Crippen molar-refractivity contribution in [3.63, 3.8) is 0 Å². The molecule has 0 bridgehead atoms. The Kier molecular flexibility index (Phi) is 3.94. The van der Waals surface area contributed by atoms with Crippen molar-refractivity contribution in [1.29, 1.82) is 0 Å². The van der Waals surface area contributed by atoms with Crippen LogP contribution in [0.4, 0.5) is 0 Å². The van der Waals surface area contributed by atoms with Gasteiger partial charge in [-0.3, -0.25) is 4.79 Å². The van der Waals surface area contributed by atoms with Crippen LogP contribution < -0.4 is 5.43 Å². The van der Waals surface area contributed by atoms with Crippen molar-refractivity contribution < 1.29 is 9.21 Å². The largest absolute Gasteiger partial charge is 0.463 e. The minimum atomic E-state index is -0.270. The molecule has 0 saturated heterocycles. The van der Waals surface area contributed by atoms with E-state index in [2.05, 4.69) is 26.5 Å². The van der Waals surface area contributed by atoms with E-state index in [1.165, 1.54) is 0 Å². The quantitative estimate of drug-likeness (QED) is 0.699. The number of halogens is 1. The Labute approximate surface area is 113 Å². The molecule has 1 aromatic carbocycles. The zero-order valence-corrected chi connectivity index (χ0v) is 11.3. The summed E-state index contributed by atoms with van der Waals surface area (Å²) in [5, 5.41) is 3.99. The standard InChI is InChI=1S/C13H11BrN2O2/c1-9(12-7-4-8-18-12)15-16-13(17)10-5-2-3-6-11(10)14/h2-8H,1H3,(H,16,17). The van der Waals surface area contributed by atoms with Gasteiger partial charge in [0.15, 0.2) is 0 Å². The Morgan fingerprint density at radius 3 is 2.72 bits per heavy atom. The highest BCUT2D eigenvalue weighted by Gasteiger charge is 2.08. The highest BCUT2D eigenvalue weighted by Crippen LogP contribution is 2.15. The first-order valence-electron chi connectivity index (χ1n) is 5.31. The van der Waals surface area contributed by atoms with E-state index in [4.69, 9.17) is 4.42 Å². The van der Waals surface area contributed by atoms with Gasteiger partial charge in [-0.2, -0.15) is 5.10 Å². The number of hydrazone groups is 1. The summed E-state index contributed by atoms with van der Waals surface area (Å²) in [7, 11) is 0. The third-order valence-electron chi connectivity index (χ3n) is 2.32. The van der Waals surface area contributed by atoms with Crippen LogP contribution in [-0.2, 0) is 0 Å². The molecule has 1 N–H and O–H groups in total. The number of benzene rings is 1. The second kappa shape index (κ2) is 5.64. The Hall–Kier alpha value is -1.88. The maximum atomic E-state index is 11.9. The van der Waals surface area contributed by atoms with E-state index in [0.29, 0.717) is 17.0 Å². The van der Waals surface area contributed by atoms with Gasteiger partial charge < -0.3 is 4.42 Å². The van der Waals surface area contributed by atoms with Crippen LogP contribution in [0.3, 0.4) is 0 Å². The van der Waals surface area contributed by atoms with Crippen molar-refractivity contribution in [3.8, 4) is 0 Å². The summed E-state index contributed by atoms with van der Waals surface area (Å²) in [6.07, 6.45) is 1.56. The third-order valence-corrected chi connectivity index (χ3v) is 3.01. The maximum Gasteiger partial charge on any atom is 0.272 e. The summed E-state index contributed by atoms with van der Waals surface area (Å²) < 4.78 is 5.90. The van der Waals surface area contributed by atoms with E-state index in [-0.39, 0.29) is 5.91 Å². The molecule has 0 spiro atoms. The molecule has 0 aliphatic heterocycles. The first-order valence-corrected chi connectivity index (χ1v) is 6.11. The Morgan fingerprint density at radius 1 is 1.28 bits per heavy atom. The van der Waals surface area contributed by atoms with Crippen LogP contribution in [0.15, 0.2) is 56.7 Å². The number of nitrogens with one attached hydrogen (secondary N) is 1. The van der Waals surface area contributed by atoms with Gasteiger partial charge in [-0.05, 0) is 47.1 Å². The van der Waals surface area contributed by atoms with E-state index in [1.807, 2.05) is 6.07 Å². The molecule has 4 nitrogen and oxygen atoms in total. The van der Waals surface area contributed by atoms with Crippen LogP contribution in [0.1, 0.15) is 23.0 Å². The van der Waals surface area contributed by atoms with Crippen LogP contribution in [-0.4, -0.2) is 11.6 Å². The average Bonchev–Trinajstić information content (AvgIpc) is 2.90. The summed E-state index contributed by atoms with van der Waals surface area (Å²) in [6, 6.07) is 10.7. The topological polar surface area (TPSA) is 54.6 Å². The number of nitrogens with zero attached hydrogens (tertiary/aromatic N) is 1. The van der Waals surface area contributed by atoms with E-state index >= 15 is 0 Å². The van der Waals surface area contributed by atoms with Gasteiger partial charge in [-0.15, -0.1) is 0 Å². The van der Waals surface area contributed by atoms with Crippen molar-refractivity contribution in [2.24, 2.45) is 5.10 Å². The fourth-order valence-corrected chi connectivity index (χ4v) is 1.84. The number of carbonyl (C=O) groups is 1. The molecule has 2 aromatic rings. The smallest absolute Gasteiger partial charge is 0.272 e. The van der Waals surface area contributed by atoms with Crippen LogP contribution >= 0.6 is 15.9 Å². The molecule has 0 radical (unpaired) electrons. The lowest BCUT2D eigenvalue weighted by Crippen LogP contribution is -2.19. The van der Waals surface area contributed by atoms with Crippen molar-refractivity contribution in [2.45, 2.75) is 6.92 Å². The summed E-state index contributed by atoms with van der Waals surface area (Å²) in [6.45, 7) is 1.76. The van der Waals surface area contributed by atoms with E-state index < -0.39 is 0 Å². The number of hydrogen-bond donors (Lipinski definition) is 1. The van der Waals surface area contributed by atoms with Crippen molar-refractivity contribution >= 4 is 27.5 Å². The molecule has 0 aliphatic rings. The fourth-order valence-electron chi connectivity index (χ4n) is 1.38. The second-order valence-electron chi connectivity index (χ2n) is 3.60. The molecule has 1 aromatic heterocycles. The molecule has 18 heavy (non-hydrogen) atoms. The minimum absolute atomic E-state index is 0.270. The molecule has 1 heterocycles. The van der Waals surface area contributed by atoms with Gasteiger partial charge >= 0.3 is 0 Å². The molecule has 0 aliphatic carbocycles. The predicted octanol–water partition coefficient (Wildman–Crippen LogP) is 3.20. The molecular formula is C13H11BrN2O2. The van der Waals surface area contributed by atoms with Crippen molar-refractivity contribution in [2.75, 3.05) is 0 Å². The number of rotatable bonds is 3. The zero-order valence-electron chi connectivity index (χ0n) is 9.68. The zero-order chi connectivity index (χ0) is 13.0. The molecule has 5 heteroatoms. The Morgan fingerprint density at radius 2 is 2.06 bits per heavy atom. The first-order chi connectivity index (χ1) is 8.68. The van der Waals surface area contributed by atoms with Gasteiger partial charge in [-0.1, -0.05) is 12.1 Å². The lowest BCUT2D eigenvalue weighted by Gasteiger charge is -2.03.